The van der Waals surface area contributed by atoms with Crippen molar-refractivity contribution in [2.45, 2.75) is 24.8 Å². The minimum absolute atomic E-state index is 0.0242. The fourth-order valence-electron chi connectivity index (χ4n) is 4.44. The van der Waals surface area contributed by atoms with E-state index in [1.807, 2.05) is 24.3 Å². The van der Waals surface area contributed by atoms with Crippen molar-refractivity contribution in [1.82, 2.24) is 14.8 Å². The van der Waals surface area contributed by atoms with Gasteiger partial charge in [-0.1, -0.05) is 0 Å². The summed E-state index contributed by atoms with van der Waals surface area (Å²) in [5.74, 6) is 2.90. The van der Waals surface area contributed by atoms with Crippen LogP contribution in [0.1, 0.15) is 36.1 Å². The Bertz CT molecular complexity index is 1140. The van der Waals surface area contributed by atoms with Crippen LogP contribution in [0.15, 0.2) is 52.5 Å². The monoisotopic (exact) mass is 422 g/mol. The van der Waals surface area contributed by atoms with Gasteiger partial charge in [0, 0.05) is 23.6 Å². The van der Waals surface area contributed by atoms with E-state index in [1.165, 1.54) is 6.33 Å². The number of hydrogen-bond acceptors (Lipinski definition) is 8. The van der Waals surface area contributed by atoms with Crippen LogP contribution >= 0.6 is 0 Å². The number of allylic oxidation sites excluding steroid dienone is 2. The van der Waals surface area contributed by atoms with E-state index in [0.717, 1.165) is 17.0 Å². The highest BCUT2D eigenvalue weighted by atomic mass is 16.5. The summed E-state index contributed by atoms with van der Waals surface area (Å²) in [7, 11) is 4.68. The van der Waals surface area contributed by atoms with Crippen LogP contribution in [0.5, 0.6) is 17.2 Å². The fraction of sp³-hybridized carbons (Fsp3) is 0.318. The first-order chi connectivity index (χ1) is 15.1. The van der Waals surface area contributed by atoms with Gasteiger partial charge < -0.3 is 23.9 Å². The Labute approximate surface area is 178 Å². The van der Waals surface area contributed by atoms with Crippen molar-refractivity contribution < 1.29 is 23.4 Å². The Morgan fingerprint density at radius 3 is 2.55 bits per heavy atom. The number of hydrogen-bond donors (Lipinski definition) is 1. The summed E-state index contributed by atoms with van der Waals surface area (Å²) in [4.78, 5) is 17.7. The van der Waals surface area contributed by atoms with Gasteiger partial charge in [-0.05, 0) is 36.2 Å². The molecule has 0 radical (unpaired) electrons. The molecule has 2 aromatic heterocycles. The van der Waals surface area contributed by atoms with Gasteiger partial charge in [0.05, 0.1) is 27.6 Å². The van der Waals surface area contributed by atoms with Gasteiger partial charge >= 0.3 is 0 Å². The van der Waals surface area contributed by atoms with Crippen molar-refractivity contribution in [3.8, 4) is 17.2 Å². The smallest absolute Gasteiger partial charge is 0.226 e. The Morgan fingerprint density at radius 1 is 1.13 bits per heavy atom. The van der Waals surface area contributed by atoms with Gasteiger partial charge in [-0.25, -0.2) is 4.68 Å². The first-order valence-corrected chi connectivity index (χ1v) is 9.90. The number of rotatable bonds is 5. The molecule has 5 rings (SSSR count). The summed E-state index contributed by atoms with van der Waals surface area (Å²) in [6, 6.07) is 6.98. The lowest BCUT2D eigenvalue weighted by molar-refractivity contribution is -0.117. The lowest BCUT2D eigenvalue weighted by Crippen LogP contribution is -2.33. The van der Waals surface area contributed by atoms with E-state index >= 15 is 0 Å². The van der Waals surface area contributed by atoms with Gasteiger partial charge in [-0.3, -0.25) is 4.79 Å². The quantitative estimate of drug-likeness (QED) is 0.668. The summed E-state index contributed by atoms with van der Waals surface area (Å²) in [6.07, 6.45) is 4.11. The van der Waals surface area contributed by atoms with Crippen LogP contribution in [0.4, 0.5) is 5.95 Å². The molecule has 0 saturated heterocycles. The van der Waals surface area contributed by atoms with Crippen LogP contribution in [0, 0.1) is 0 Å². The summed E-state index contributed by atoms with van der Waals surface area (Å²) >= 11 is 0. The van der Waals surface area contributed by atoms with Crippen molar-refractivity contribution in [3.05, 3.63) is 59.4 Å². The number of methoxy groups -OCH3 is 3. The van der Waals surface area contributed by atoms with Crippen LogP contribution in [-0.4, -0.2) is 41.9 Å². The Hall–Kier alpha value is -3.75. The van der Waals surface area contributed by atoms with Gasteiger partial charge in [0.25, 0.3) is 0 Å². The molecule has 2 unspecified atom stereocenters. The largest absolute Gasteiger partial charge is 0.493 e. The average Bonchev–Trinajstić information content (AvgIpc) is 3.48. The van der Waals surface area contributed by atoms with Gasteiger partial charge in [0.2, 0.25) is 11.7 Å². The molecule has 0 bridgehead atoms. The number of nitrogens with zero attached hydrogens (tertiary/aromatic N) is 3. The Kier molecular flexibility index (Phi) is 4.65. The highest BCUT2D eigenvalue weighted by molar-refractivity contribution is 6.00. The number of fused-ring (bicyclic) bond motifs is 1. The Balaban J connectivity index is 1.65. The van der Waals surface area contributed by atoms with E-state index in [-0.39, 0.29) is 11.7 Å². The van der Waals surface area contributed by atoms with E-state index < -0.39 is 6.04 Å². The molecule has 3 heterocycles. The SMILES string of the molecule is COc1cc(C2C3=C(CC(c4ccco4)CC3=O)Nc3ncnn32)cc(OC)c1OC. The normalized spacial score (nSPS) is 20.0. The van der Waals surface area contributed by atoms with Gasteiger partial charge in [-0.2, -0.15) is 10.1 Å². The van der Waals surface area contributed by atoms with Gasteiger partial charge in [-0.15, -0.1) is 0 Å². The van der Waals surface area contributed by atoms with Crippen LogP contribution in [0.2, 0.25) is 0 Å². The van der Waals surface area contributed by atoms with E-state index in [2.05, 4.69) is 15.4 Å². The maximum atomic E-state index is 13.4. The average molecular weight is 422 g/mol. The number of carbonyl (C=O) groups is 1. The number of carbonyl (C=O) groups excluding carboxylic acids is 1. The third kappa shape index (κ3) is 3.04. The number of aromatic nitrogens is 3. The molecule has 1 aromatic carbocycles. The zero-order valence-corrected chi connectivity index (χ0v) is 17.4. The van der Waals surface area contributed by atoms with Crippen LogP contribution in [-0.2, 0) is 4.79 Å². The van der Waals surface area contributed by atoms with E-state index in [4.69, 9.17) is 18.6 Å². The number of nitrogens with one attached hydrogen (secondary N) is 1. The van der Waals surface area contributed by atoms with Gasteiger partial charge in [0.15, 0.2) is 17.3 Å². The molecule has 9 heteroatoms. The molecular formula is C22H22N4O5. The van der Waals surface area contributed by atoms with Crippen molar-refractivity contribution in [2.24, 2.45) is 0 Å². The molecule has 1 aliphatic heterocycles. The zero-order chi connectivity index (χ0) is 21.5. The number of Topliss-reactive ketones (excluding diaryl/α,β-unsaturated/α-hetero) is 1. The van der Waals surface area contributed by atoms with Crippen LogP contribution in [0.25, 0.3) is 0 Å². The summed E-state index contributed by atoms with van der Waals surface area (Å²) in [6.45, 7) is 0. The minimum Gasteiger partial charge on any atom is -0.493 e. The van der Waals surface area contributed by atoms with Crippen LogP contribution < -0.4 is 19.5 Å². The molecular weight excluding hydrogens is 400 g/mol. The molecule has 1 aliphatic carbocycles. The first-order valence-electron chi connectivity index (χ1n) is 9.90. The highest BCUT2D eigenvalue weighted by Crippen LogP contribution is 2.47. The Morgan fingerprint density at radius 2 is 1.90 bits per heavy atom. The maximum absolute atomic E-state index is 13.4. The number of benzene rings is 1. The van der Waals surface area contributed by atoms with Crippen molar-refractivity contribution >= 4 is 11.7 Å². The lowest BCUT2D eigenvalue weighted by Gasteiger charge is -2.34. The molecule has 31 heavy (non-hydrogen) atoms. The molecule has 0 fully saturated rings. The predicted octanol–water partition coefficient (Wildman–Crippen LogP) is 3.31. The first kappa shape index (κ1) is 19.2. The number of ketones is 1. The summed E-state index contributed by atoms with van der Waals surface area (Å²) < 4.78 is 23.8. The number of ether oxygens (including phenoxy) is 3. The predicted molar refractivity (Wildman–Crippen MR) is 111 cm³/mol. The topological polar surface area (TPSA) is 101 Å². The second-order valence-corrected chi connectivity index (χ2v) is 7.45. The van der Waals surface area contributed by atoms with Gasteiger partial charge in [0.1, 0.15) is 18.1 Å². The third-order valence-corrected chi connectivity index (χ3v) is 5.81. The van der Waals surface area contributed by atoms with Crippen molar-refractivity contribution in [3.63, 3.8) is 0 Å². The molecule has 1 N–H and O–H groups in total. The molecule has 0 spiro atoms. The minimum atomic E-state index is -0.465. The van der Waals surface area contributed by atoms with Crippen molar-refractivity contribution in [2.75, 3.05) is 26.6 Å². The highest BCUT2D eigenvalue weighted by Gasteiger charge is 2.40. The molecule has 0 saturated carbocycles. The second kappa shape index (κ2) is 7.50. The molecule has 3 aromatic rings. The molecule has 160 valence electrons. The van der Waals surface area contributed by atoms with E-state index in [1.54, 1.807) is 32.3 Å². The molecule has 0 amide bonds. The molecule has 2 aliphatic rings. The molecule has 2 atom stereocenters. The summed E-state index contributed by atoms with van der Waals surface area (Å²) in [5, 5.41) is 7.69. The van der Waals surface area contributed by atoms with E-state index in [0.29, 0.717) is 41.6 Å². The van der Waals surface area contributed by atoms with Crippen molar-refractivity contribution in [1.29, 1.82) is 0 Å². The standard InChI is InChI=1S/C22H22N4O5/c1-28-17-9-13(10-18(29-2)21(17)30-3)20-19-14(25-22-23-11-24-26(20)22)7-12(8-15(19)27)16-5-4-6-31-16/h4-6,9-12,20H,7-8H2,1-3H3,(H,23,24,25). The zero-order valence-electron chi connectivity index (χ0n) is 17.4. The van der Waals surface area contributed by atoms with E-state index in [9.17, 15) is 4.79 Å². The van der Waals surface area contributed by atoms with Crippen LogP contribution in [0.3, 0.4) is 0 Å². The second-order valence-electron chi connectivity index (χ2n) is 7.45. The maximum Gasteiger partial charge on any atom is 0.226 e. The fourth-order valence-corrected chi connectivity index (χ4v) is 4.44. The molecule has 9 nitrogen and oxygen atoms in total. The third-order valence-electron chi connectivity index (χ3n) is 5.81. The number of anilines is 1. The summed E-state index contributed by atoms with van der Waals surface area (Å²) in [5.41, 5.74) is 2.28. The lowest BCUT2D eigenvalue weighted by atomic mass is 9.79. The number of furan rings is 1.